The number of hydrogen-bond donors (Lipinski definition) is 2. The molecule has 0 fully saturated rings. The molecule has 0 aliphatic carbocycles. The summed E-state index contributed by atoms with van der Waals surface area (Å²) >= 11 is 0. The summed E-state index contributed by atoms with van der Waals surface area (Å²) in [5.74, 6) is 0. The van der Waals surface area contributed by atoms with Crippen molar-refractivity contribution < 1.29 is 4.79 Å². The van der Waals surface area contributed by atoms with Crippen LogP contribution in [0.3, 0.4) is 0 Å². The van der Waals surface area contributed by atoms with Crippen molar-refractivity contribution in [3.63, 3.8) is 0 Å². The van der Waals surface area contributed by atoms with Crippen LogP contribution >= 0.6 is 0 Å². The zero-order valence-corrected chi connectivity index (χ0v) is 8.79. The molecule has 0 radical (unpaired) electrons. The number of anilines is 1. The van der Waals surface area contributed by atoms with Crippen LogP contribution in [-0.2, 0) is 0 Å². The van der Waals surface area contributed by atoms with Gasteiger partial charge in [0.15, 0.2) is 0 Å². The lowest BCUT2D eigenvalue weighted by atomic mass is 10.3. The van der Waals surface area contributed by atoms with Gasteiger partial charge in [-0.3, -0.25) is 4.57 Å². The quantitative estimate of drug-likeness (QED) is 0.666. The molecule has 0 saturated carbocycles. The van der Waals surface area contributed by atoms with Crippen LogP contribution in [0.2, 0.25) is 0 Å². The second-order valence-electron chi connectivity index (χ2n) is 3.53. The second kappa shape index (κ2) is 3.75. The van der Waals surface area contributed by atoms with Crippen LogP contribution in [0.15, 0.2) is 43.2 Å². The Morgan fingerprint density at radius 3 is 3.18 bits per heavy atom. The van der Waals surface area contributed by atoms with Gasteiger partial charge < -0.3 is 10.3 Å². The number of H-pyrrole nitrogens is 1. The number of aromatic nitrogens is 4. The Hall–Kier alpha value is -2.63. The van der Waals surface area contributed by atoms with Crippen molar-refractivity contribution in [3.05, 3.63) is 43.2 Å². The zero-order chi connectivity index (χ0) is 11.7. The van der Waals surface area contributed by atoms with Crippen molar-refractivity contribution in [2.45, 2.75) is 0 Å². The molecule has 0 aliphatic rings. The Kier molecular flexibility index (Phi) is 2.11. The van der Waals surface area contributed by atoms with Crippen LogP contribution in [0, 0.1) is 0 Å². The molecule has 0 bridgehead atoms. The number of rotatable bonds is 1. The highest BCUT2D eigenvalue weighted by Crippen LogP contribution is 2.15. The van der Waals surface area contributed by atoms with Crippen LogP contribution in [0.4, 0.5) is 10.5 Å². The summed E-state index contributed by atoms with van der Waals surface area (Å²) in [6.45, 7) is 0. The number of nitrogens with one attached hydrogen (secondary N) is 2. The fraction of sp³-hybridized carbons (Fsp3) is 0. The molecular weight excluding hydrogens is 218 g/mol. The Bertz CT molecular complexity index is 655. The monoisotopic (exact) mass is 227 g/mol. The summed E-state index contributed by atoms with van der Waals surface area (Å²) in [7, 11) is 0. The third-order valence-electron chi connectivity index (χ3n) is 2.41. The molecule has 0 aliphatic heterocycles. The van der Waals surface area contributed by atoms with E-state index >= 15 is 0 Å². The largest absolute Gasteiger partial charge is 0.345 e. The number of imidazole rings is 2. The van der Waals surface area contributed by atoms with E-state index in [1.54, 1.807) is 24.8 Å². The minimum absolute atomic E-state index is 0.249. The van der Waals surface area contributed by atoms with Crippen molar-refractivity contribution in [3.8, 4) is 0 Å². The third-order valence-corrected chi connectivity index (χ3v) is 2.41. The van der Waals surface area contributed by atoms with Crippen molar-refractivity contribution in [2.75, 3.05) is 5.32 Å². The minimum Gasteiger partial charge on any atom is -0.345 e. The van der Waals surface area contributed by atoms with E-state index in [0.717, 1.165) is 11.0 Å². The lowest BCUT2D eigenvalue weighted by Gasteiger charge is -2.04. The summed E-state index contributed by atoms with van der Waals surface area (Å²) in [5.41, 5.74) is 2.46. The lowest BCUT2D eigenvalue weighted by Crippen LogP contribution is -2.17. The summed E-state index contributed by atoms with van der Waals surface area (Å²) in [5, 5.41) is 2.76. The van der Waals surface area contributed by atoms with Crippen molar-refractivity contribution in [1.29, 1.82) is 0 Å². The molecule has 6 heteroatoms. The standard InChI is InChI=1S/C11H9N5O/c17-11(16-4-3-12-7-16)15-8-1-2-9-10(5-8)14-6-13-9/h1-7H,(H,13,14)(H,15,17). The number of carbonyl (C=O) groups is 1. The molecule has 2 N–H and O–H groups in total. The van der Waals surface area contributed by atoms with Gasteiger partial charge in [-0.1, -0.05) is 0 Å². The highest BCUT2D eigenvalue weighted by atomic mass is 16.2. The van der Waals surface area contributed by atoms with Crippen LogP contribution in [0.1, 0.15) is 0 Å². The molecular formula is C11H9N5O. The number of hydrogen-bond acceptors (Lipinski definition) is 3. The fourth-order valence-corrected chi connectivity index (χ4v) is 1.58. The Morgan fingerprint density at radius 1 is 1.41 bits per heavy atom. The van der Waals surface area contributed by atoms with E-state index in [9.17, 15) is 4.79 Å². The molecule has 0 spiro atoms. The van der Waals surface area contributed by atoms with Gasteiger partial charge in [0.1, 0.15) is 6.33 Å². The van der Waals surface area contributed by atoms with Crippen molar-refractivity contribution in [1.82, 2.24) is 19.5 Å². The van der Waals surface area contributed by atoms with Crippen molar-refractivity contribution >= 4 is 22.8 Å². The molecule has 2 heterocycles. The van der Waals surface area contributed by atoms with Gasteiger partial charge in [0.05, 0.1) is 17.4 Å². The van der Waals surface area contributed by atoms with E-state index < -0.39 is 0 Å². The van der Waals surface area contributed by atoms with Gasteiger partial charge in [-0.2, -0.15) is 0 Å². The zero-order valence-electron chi connectivity index (χ0n) is 8.79. The Labute approximate surface area is 96.3 Å². The number of aromatic amines is 1. The number of benzene rings is 1. The van der Waals surface area contributed by atoms with E-state index in [0.29, 0.717) is 5.69 Å². The maximum absolute atomic E-state index is 11.7. The van der Waals surface area contributed by atoms with Gasteiger partial charge in [-0.15, -0.1) is 0 Å². The van der Waals surface area contributed by atoms with Crippen LogP contribution in [-0.4, -0.2) is 25.6 Å². The van der Waals surface area contributed by atoms with Gasteiger partial charge >= 0.3 is 6.03 Å². The maximum atomic E-state index is 11.7. The van der Waals surface area contributed by atoms with E-state index in [1.165, 1.54) is 10.9 Å². The minimum atomic E-state index is -0.249. The molecule has 0 unspecified atom stereocenters. The van der Waals surface area contributed by atoms with Gasteiger partial charge in [0.25, 0.3) is 0 Å². The number of amides is 1. The predicted molar refractivity (Wildman–Crippen MR) is 62.7 cm³/mol. The molecule has 6 nitrogen and oxygen atoms in total. The Morgan fingerprint density at radius 2 is 2.35 bits per heavy atom. The topological polar surface area (TPSA) is 75.6 Å². The first-order chi connectivity index (χ1) is 8.33. The summed E-state index contributed by atoms with van der Waals surface area (Å²) in [6.07, 6.45) is 6.21. The average molecular weight is 227 g/mol. The van der Waals surface area contributed by atoms with Gasteiger partial charge in [0, 0.05) is 18.1 Å². The second-order valence-corrected chi connectivity index (χ2v) is 3.53. The van der Waals surface area contributed by atoms with Gasteiger partial charge in [0.2, 0.25) is 0 Å². The normalized spacial score (nSPS) is 10.6. The molecule has 0 atom stereocenters. The highest BCUT2D eigenvalue weighted by molar-refractivity contribution is 5.93. The number of carbonyl (C=O) groups excluding carboxylic acids is 1. The third kappa shape index (κ3) is 1.76. The molecule has 84 valence electrons. The van der Waals surface area contributed by atoms with Crippen molar-refractivity contribution in [2.24, 2.45) is 0 Å². The Balaban J connectivity index is 1.87. The molecule has 3 aromatic rings. The first-order valence-corrected chi connectivity index (χ1v) is 5.05. The maximum Gasteiger partial charge on any atom is 0.331 e. The van der Waals surface area contributed by atoms with E-state index in [1.807, 2.05) is 12.1 Å². The fourth-order valence-electron chi connectivity index (χ4n) is 1.58. The summed E-state index contributed by atoms with van der Waals surface area (Å²) in [6, 6.07) is 5.23. The van der Waals surface area contributed by atoms with E-state index in [2.05, 4.69) is 20.3 Å². The van der Waals surface area contributed by atoms with E-state index in [4.69, 9.17) is 0 Å². The first kappa shape index (κ1) is 9.59. The number of nitrogens with zero attached hydrogens (tertiary/aromatic N) is 3. The van der Waals surface area contributed by atoms with Crippen LogP contribution in [0.25, 0.3) is 11.0 Å². The van der Waals surface area contributed by atoms with Crippen LogP contribution in [0.5, 0.6) is 0 Å². The SMILES string of the molecule is O=C(Nc1ccc2nc[nH]c2c1)n1ccnc1. The van der Waals surface area contributed by atoms with E-state index in [-0.39, 0.29) is 6.03 Å². The number of fused-ring (bicyclic) bond motifs is 1. The highest BCUT2D eigenvalue weighted by Gasteiger charge is 2.04. The first-order valence-electron chi connectivity index (χ1n) is 5.05. The summed E-state index contributed by atoms with van der Waals surface area (Å²) < 4.78 is 1.37. The molecule has 0 saturated heterocycles. The lowest BCUT2D eigenvalue weighted by molar-refractivity contribution is 0.253. The predicted octanol–water partition coefficient (Wildman–Crippen LogP) is 1.84. The molecule has 17 heavy (non-hydrogen) atoms. The smallest absolute Gasteiger partial charge is 0.331 e. The van der Waals surface area contributed by atoms with Gasteiger partial charge in [-0.05, 0) is 18.2 Å². The molecule has 1 amide bonds. The molecule has 1 aromatic carbocycles. The van der Waals surface area contributed by atoms with Gasteiger partial charge in [-0.25, -0.2) is 14.8 Å². The summed E-state index contributed by atoms with van der Waals surface area (Å²) in [4.78, 5) is 22.6. The van der Waals surface area contributed by atoms with Crippen LogP contribution < -0.4 is 5.32 Å². The average Bonchev–Trinajstić information content (AvgIpc) is 2.99. The molecule has 3 rings (SSSR count). The molecule has 2 aromatic heterocycles.